The number of aromatic amines is 1. The van der Waals surface area contributed by atoms with E-state index in [1.165, 1.54) is 16.5 Å². The van der Waals surface area contributed by atoms with Gasteiger partial charge in [-0.05, 0) is 36.2 Å². The van der Waals surface area contributed by atoms with Crippen molar-refractivity contribution in [3.8, 4) is 11.5 Å². The number of para-hydroxylation sites is 1. The SMILES string of the molecule is O=C(c1ccc2c(c1)OCO2)N1CCN(CCc2c[nH]c3ccccc23)CC1. The fourth-order valence-electron chi connectivity index (χ4n) is 4.00. The van der Waals surface area contributed by atoms with Gasteiger partial charge in [-0.15, -0.1) is 0 Å². The van der Waals surface area contributed by atoms with E-state index in [2.05, 4.69) is 40.3 Å². The molecule has 1 N–H and O–H groups in total. The van der Waals surface area contributed by atoms with E-state index in [9.17, 15) is 4.79 Å². The summed E-state index contributed by atoms with van der Waals surface area (Å²) in [6.45, 7) is 4.54. The summed E-state index contributed by atoms with van der Waals surface area (Å²) in [6, 6.07) is 13.8. The third-order valence-electron chi connectivity index (χ3n) is 5.65. The fraction of sp³-hybridized carbons (Fsp3) is 0.318. The van der Waals surface area contributed by atoms with Crippen molar-refractivity contribution in [1.29, 1.82) is 0 Å². The Hall–Kier alpha value is -2.99. The predicted molar refractivity (Wildman–Crippen MR) is 107 cm³/mol. The number of carbonyl (C=O) groups excluding carboxylic acids is 1. The highest BCUT2D eigenvalue weighted by molar-refractivity contribution is 5.95. The Morgan fingerprint density at radius 1 is 1.00 bits per heavy atom. The standard InChI is InChI=1S/C22H23N3O3/c26-22(16-5-6-20-21(13-16)28-15-27-20)25-11-9-24(10-12-25)8-7-17-14-23-19-4-2-1-3-18(17)19/h1-6,13-14,23H,7-12,15H2. The largest absolute Gasteiger partial charge is 0.454 e. The highest BCUT2D eigenvalue weighted by atomic mass is 16.7. The zero-order valence-electron chi connectivity index (χ0n) is 15.7. The summed E-state index contributed by atoms with van der Waals surface area (Å²) in [5, 5.41) is 1.30. The Morgan fingerprint density at radius 3 is 2.71 bits per heavy atom. The average Bonchev–Trinajstić information content (AvgIpc) is 3.38. The van der Waals surface area contributed by atoms with Crippen LogP contribution in [-0.4, -0.2) is 60.2 Å². The number of piperazine rings is 1. The number of carbonyl (C=O) groups is 1. The van der Waals surface area contributed by atoms with Crippen molar-refractivity contribution in [2.24, 2.45) is 0 Å². The average molecular weight is 377 g/mol. The number of nitrogens with zero attached hydrogens (tertiary/aromatic N) is 2. The molecule has 2 aromatic carbocycles. The number of benzene rings is 2. The van der Waals surface area contributed by atoms with Crippen LogP contribution in [0, 0.1) is 0 Å². The van der Waals surface area contributed by atoms with E-state index in [4.69, 9.17) is 9.47 Å². The Balaban J connectivity index is 1.17. The highest BCUT2D eigenvalue weighted by Crippen LogP contribution is 2.32. The van der Waals surface area contributed by atoms with Crippen molar-refractivity contribution in [3.05, 3.63) is 59.8 Å². The number of amides is 1. The van der Waals surface area contributed by atoms with E-state index in [0.717, 1.165) is 39.1 Å². The Kier molecular flexibility index (Phi) is 4.41. The van der Waals surface area contributed by atoms with Crippen molar-refractivity contribution in [3.63, 3.8) is 0 Å². The number of fused-ring (bicyclic) bond motifs is 2. The molecule has 5 rings (SSSR count). The van der Waals surface area contributed by atoms with Crippen LogP contribution in [0.5, 0.6) is 11.5 Å². The first-order chi connectivity index (χ1) is 13.8. The van der Waals surface area contributed by atoms with Crippen molar-refractivity contribution >= 4 is 16.8 Å². The minimum Gasteiger partial charge on any atom is -0.454 e. The molecule has 6 nitrogen and oxygen atoms in total. The molecule has 2 aliphatic rings. The molecule has 28 heavy (non-hydrogen) atoms. The molecule has 1 saturated heterocycles. The van der Waals surface area contributed by atoms with E-state index in [0.29, 0.717) is 17.1 Å². The number of nitrogens with one attached hydrogen (secondary N) is 1. The first kappa shape index (κ1) is 17.1. The molecule has 3 aromatic rings. The second-order valence-corrected chi connectivity index (χ2v) is 7.31. The maximum atomic E-state index is 12.8. The van der Waals surface area contributed by atoms with Crippen LogP contribution < -0.4 is 9.47 Å². The van der Waals surface area contributed by atoms with Crippen LogP contribution in [0.25, 0.3) is 10.9 Å². The minimum atomic E-state index is 0.0644. The van der Waals surface area contributed by atoms with Crippen LogP contribution in [0.1, 0.15) is 15.9 Å². The van der Waals surface area contributed by atoms with Gasteiger partial charge in [0.25, 0.3) is 5.91 Å². The summed E-state index contributed by atoms with van der Waals surface area (Å²) in [7, 11) is 0. The third kappa shape index (κ3) is 3.20. The van der Waals surface area contributed by atoms with E-state index in [1.807, 2.05) is 17.0 Å². The number of aromatic nitrogens is 1. The van der Waals surface area contributed by atoms with Crippen molar-refractivity contribution < 1.29 is 14.3 Å². The fourth-order valence-corrected chi connectivity index (χ4v) is 4.00. The lowest BCUT2D eigenvalue weighted by molar-refractivity contribution is 0.0638. The van der Waals surface area contributed by atoms with Gasteiger partial charge >= 0.3 is 0 Å². The van der Waals surface area contributed by atoms with Gasteiger partial charge in [0, 0.05) is 55.4 Å². The zero-order valence-corrected chi connectivity index (χ0v) is 15.7. The highest BCUT2D eigenvalue weighted by Gasteiger charge is 2.24. The number of hydrogen-bond donors (Lipinski definition) is 1. The smallest absolute Gasteiger partial charge is 0.254 e. The predicted octanol–water partition coefficient (Wildman–Crippen LogP) is 2.90. The van der Waals surface area contributed by atoms with Gasteiger partial charge in [-0.3, -0.25) is 9.69 Å². The topological polar surface area (TPSA) is 57.8 Å². The van der Waals surface area contributed by atoms with Gasteiger partial charge in [0.1, 0.15) is 0 Å². The van der Waals surface area contributed by atoms with E-state index >= 15 is 0 Å². The normalized spacial score (nSPS) is 16.6. The minimum absolute atomic E-state index is 0.0644. The summed E-state index contributed by atoms with van der Waals surface area (Å²) >= 11 is 0. The van der Waals surface area contributed by atoms with Crippen molar-refractivity contribution in [2.75, 3.05) is 39.5 Å². The number of ether oxygens (including phenoxy) is 2. The van der Waals surface area contributed by atoms with Crippen LogP contribution >= 0.6 is 0 Å². The monoisotopic (exact) mass is 377 g/mol. The molecule has 0 spiro atoms. The van der Waals surface area contributed by atoms with Gasteiger partial charge in [-0.1, -0.05) is 18.2 Å². The van der Waals surface area contributed by atoms with Gasteiger partial charge in [0.2, 0.25) is 6.79 Å². The van der Waals surface area contributed by atoms with Gasteiger partial charge < -0.3 is 19.4 Å². The molecule has 3 heterocycles. The van der Waals surface area contributed by atoms with Crippen LogP contribution in [-0.2, 0) is 6.42 Å². The number of H-pyrrole nitrogens is 1. The summed E-state index contributed by atoms with van der Waals surface area (Å²) in [6.07, 6.45) is 3.13. The lowest BCUT2D eigenvalue weighted by Crippen LogP contribution is -2.49. The Morgan fingerprint density at radius 2 is 1.82 bits per heavy atom. The molecule has 0 radical (unpaired) electrons. The van der Waals surface area contributed by atoms with Crippen molar-refractivity contribution in [1.82, 2.24) is 14.8 Å². The summed E-state index contributed by atoms with van der Waals surface area (Å²) in [5.41, 5.74) is 3.21. The lowest BCUT2D eigenvalue weighted by atomic mass is 10.1. The summed E-state index contributed by atoms with van der Waals surface area (Å²) < 4.78 is 10.7. The molecular weight excluding hydrogens is 354 g/mol. The number of rotatable bonds is 4. The lowest BCUT2D eigenvalue weighted by Gasteiger charge is -2.34. The van der Waals surface area contributed by atoms with Crippen LogP contribution in [0.3, 0.4) is 0 Å². The third-order valence-corrected chi connectivity index (χ3v) is 5.65. The summed E-state index contributed by atoms with van der Waals surface area (Å²) in [5.74, 6) is 1.43. The molecule has 2 aliphatic heterocycles. The van der Waals surface area contributed by atoms with Gasteiger partial charge in [0.15, 0.2) is 11.5 Å². The molecule has 0 atom stereocenters. The first-order valence-electron chi connectivity index (χ1n) is 9.74. The molecule has 0 bridgehead atoms. The Bertz CT molecular complexity index is 1010. The van der Waals surface area contributed by atoms with Crippen LogP contribution in [0.4, 0.5) is 0 Å². The second-order valence-electron chi connectivity index (χ2n) is 7.31. The Labute approximate surface area is 163 Å². The molecule has 1 aromatic heterocycles. The maximum Gasteiger partial charge on any atom is 0.254 e. The molecule has 0 saturated carbocycles. The van der Waals surface area contributed by atoms with Crippen molar-refractivity contribution in [2.45, 2.75) is 6.42 Å². The first-order valence-corrected chi connectivity index (χ1v) is 9.74. The van der Waals surface area contributed by atoms with E-state index < -0.39 is 0 Å². The molecule has 1 fully saturated rings. The van der Waals surface area contributed by atoms with Gasteiger partial charge in [0.05, 0.1) is 0 Å². The van der Waals surface area contributed by atoms with E-state index in [-0.39, 0.29) is 12.7 Å². The van der Waals surface area contributed by atoms with Crippen LogP contribution in [0.15, 0.2) is 48.7 Å². The second kappa shape index (κ2) is 7.20. The summed E-state index contributed by atoms with van der Waals surface area (Å²) in [4.78, 5) is 20.5. The van der Waals surface area contributed by atoms with Crippen LogP contribution in [0.2, 0.25) is 0 Å². The zero-order chi connectivity index (χ0) is 18.9. The quantitative estimate of drug-likeness (QED) is 0.760. The maximum absolute atomic E-state index is 12.8. The molecule has 6 heteroatoms. The molecule has 0 aliphatic carbocycles. The molecule has 1 amide bonds. The van der Waals surface area contributed by atoms with E-state index in [1.54, 1.807) is 6.07 Å². The van der Waals surface area contributed by atoms with Gasteiger partial charge in [-0.2, -0.15) is 0 Å². The molecular formula is C22H23N3O3. The molecule has 0 unspecified atom stereocenters. The number of hydrogen-bond acceptors (Lipinski definition) is 4. The van der Waals surface area contributed by atoms with Gasteiger partial charge in [-0.25, -0.2) is 0 Å². The molecule has 144 valence electrons.